The van der Waals surface area contributed by atoms with Gasteiger partial charge in [0.25, 0.3) is 0 Å². The predicted octanol–water partition coefficient (Wildman–Crippen LogP) is 4.25. The summed E-state index contributed by atoms with van der Waals surface area (Å²) in [5.41, 5.74) is 10.7. The van der Waals surface area contributed by atoms with Crippen LogP contribution in [0, 0.1) is 0 Å². The van der Waals surface area contributed by atoms with Crippen molar-refractivity contribution in [2.24, 2.45) is 10.9 Å². The van der Waals surface area contributed by atoms with Gasteiger partial charge in [-0.1, -0.05) is 48.5 Å². The number of nitrogens with two attached hydrogens (primary N) is 2. The molecule has 0 aliphatic heterocycles. The van der Waals surface area contributed by atoms with Crippen LogP contribution < -0.4 is 16.2 Å². The Bertz CT molecular complexity index is 1680. The number of amides is 1. The molecule has 0 bridgehead atoms. The summed E-state index contributed by atoms with van der Waals surface area (Å²) in [5.74, 6) is -0.229. The molecule has 4 aromatic carbocycles. The molecule has 0 aliphatic carbocycles. The molecule has 36 heavy (non-hydrogen) atoms. The van der Waals surface area contributed by atoms with Crippen LogP contribution in [0.4, 0.5) is 5.69 Å². The first kappa shape index (κ1) is 23.7. The Balaban J connectivity index is 1.45. The second kappa shape index (κ2) is 9.58. The molecular formula is C28H26N4O3S. The normalized spacial score (nSPS) is 11.7. The number of carbonyl (C=O) groups is 1. The summed E-state index contributed by atoms with van der Waals surface area (Å²) in [4.78, 5) is 12.8. The first-order valence-electron chi connectivity index (χ1n) is 11.6. The lowest BCUT2D eigenvalue weighted by Crippen LogP contribution is -2.18. The van der Waals surface area contributed by atoms with Gasteiger partial charge in [-0.2, -0.15) is 0 Å². The van der Waals surface area contributed by atoms with Crippen LogP contribution in [0.1, 0.15) is 5.56 Å². The molecule has 5 aromatic rings. The molecule has 7 nitrogen and oxygen atoms in total. The first-order valence-corrected chi connectivity index (χ1v) is 13.1. The van der Waals surface area contributed by atoms with Gasteiger partial charge in [0.1, 0.15) is 6.54 Å². The average molecular weight is 499 g/mol. The van der Waals surface area contributed by atoms with Crippen molar-refractivity contribution in [3.05, 3.63) is 96.7 Å². The van der Waals surface area contributed by atoms with E-state index in [-0.39, 0.29) is 17.3 Å². The van der Waals surface area contributed by atoms with Crippen molar-refractivity contribution >= 4 is 43.3 Å². The number of nitrogens with one attached hydrogen (secondary N) is 1. The van der Waals surface area contributed by atoms with Crippen molar-refractivity contribution in [2.75, 3.05) is 11.9 Å². The molecule has 8 heteroatoms. The SMILES string of the molecule is NCCc1cn(CC(=O)Nc2ccc(S(N)(=O)=O)cc2)c2ccc(-c3cccc4ccccc34)cc12. The fourth-order valence-corrected chi connectivity index (χ4v) is 5.10. The Morgan fingerprint density at radius 2 is 1.64 bits per heavy atom. The van der Waals surface area contributed by atoms with Gasteiger partial charge < -0.3 is 15.6 Å². The number of hydrogen-bond acceptors (Lipinski definition) is 4. The molecule has 0 fully saturated rings. The van der Waals surface area contributed by atoms with Crippen LogP contribution >= 0.6 is 0 Å². The first-order chi connectivity index (χ1) is 17.3. The lowest BCUT2D eigenvalue weighted by Gasteiger charge is -2.10. The van der Waals surface area contributed by atoms with Crippen LogP contribution in [0.5, 0.6) is 0 Å². The van der Waals surface area contributed by atoms with Gasteiger partial charge >= 0.3 is 0 Å². The molecule has 0 aliphatic rings. The number of sulfonamides is 1. The van der Waals surface area contributed by atoms with Crippen LogP contribution in [-0.2, 0) is 27.8 Å². The van der Waals surface area contributed by atoms with E-state index in [4.69, 9.17) is 10.9 Å². The third-order valence-corrected chi connectivity index (χ3v) is 7.19. The summed E-state index contributed by atoms with van der Waals surface area (Å²) in [6, 6.07) is 26.7. The van der Waals surface area contributed by atoms with E-state index in [1.54, 1.807) is 0 Å². The number of carbonyl (C=O) groups excluding carboxylic acids is 1. The van der Waals surface area contributed by atoms with Crippen molar-refractivity contribution in [1.29, 1.82) is 0 Å². The summed E-state index contributed by atoms with van der Waals surface area (Å²) in [5, 5.41) is 11.4. The van der Waals surface area contributed by atoms with E-state index in [2.05, 4.69) is 47.8 Å². The molecule has 5 rings (SSSR count). The van der Waals surface area contributed by atoms with E-state index in [9.17, 15) is 13.2 Å². The number of rotatable bonds is 7. The van der Waals surface area contributed by atoms with Crippen molar-refractivity contribution in [3.63, 3.8) is 0 Å². The smallest absolute Gasteiger partial charge is 0.244 e. The van der Waals surface area contributed by atoms with Crippen LogP contribution in [0.3, 0.4) is 0 Å². The number of aromatic nitrogens is 1. The molecule has 5 N–H and O–H groups in total. The van der Waals surface area contributed by atoms with Crippen LogP contribution in [0.25, 0.3) is 32.8 Å². The monoisotopic (exact) mass is 498 g/mol. The third-order valence-electron chi connectivity index (χ3n) is 6.26. The Morgan fingerprint density at radius 1 is 0.889 bits per heavy atom. The van der Waals surface area contributed by atoms with Crippen LogP contribution in [-0.4, -0.2) is 25.4 Å². The molecule has 0 atom stereocenters. The Labute approximate surface area is 209 Å². The topological polar surface area (TPSA) is 120 Å². The minimum absolute atomic E-state index is 0.00896. The molecule has 0 spiro atoms. The number of nitrogens with zero attached hydrogens (tertiary/aromatic N) is 1. The van der Waals surface area contributed by atoms with Gasteiger partial charge in [0, 0.05) is 22.8 Å². The maximum Gasteiger partial charge on any atom is 0.244 e. The quantitative estimate of drug-likeness (QED) is 0.311. The highest BCUT2D eigenvalue weighted by Crippen LogP contribution is 2.32. The summed E-state index contributed by atoms with van der Waals surface area (Å²) >= 11 is 0. The molecule has 0 unspecified atom stereocenters. The molecular weight excluding hydrogens is 472 g/mol. The maximum atomic E-state index is 12.8. The van der Waals surface area contributed by atoms with Crippen molar-refractivity contribution < 1.29 is 13.2 Å². The zero-order valence-corrected chi connectivity index (χ0v) is 20.3. The molecule has 182 valence electrons. The van der Waals surface area contributed by atoms with Gasteiger partial charge in [0.05, 0.1) is 4.90 Å². The van der Waals surface area contributed by atoms with Gasteiger partial charge in [-0.25, -0.2) is 13.6 Å². The highest BCUT2D eigenvalue weighted by molar-refractivity contribution is 7.89. The summed E-state index contributed by atoms with van der Waals surface area (Å²) < 4.78 is 24.8. The third kappa shape index (κ3) is 4.74. The van der Waals surface area contributed by atoms with Gasteiger partial charge in [-0.05, 0) is 76.8 Å². The summed E-state index contributed by atoms with van der Waals surface area (Å²) in [7, 11) is -3.79. The molecule has 0 saturated carbocycles. The Kier molecular flexibility index (Phi) is 6.32. The number of primary sulfonamides is 1. The fraction of sp³-hybridized carbons (Fsp3) is 0.107. The van der Waals surface area contributed by atoms with Gasteiger partial charge in [-0.3, -0.25) is 4.79 Å². The summed E-state index contributed by atoms with van der Waals surface area (Å²) in [6.45, 7) is 0.603. The molecule has 1 heterocycles. The molecule has 0 saturated heterocycles. The predicted molar refractivity (Wildman–Crippen MR) is 144 cm³/mol. The van der Waals surface area contributed by atoms with Crippen molar-refractivity contribution in [3.8, 4) is 11.1 Å². The minimum atomic E-state index is -3.79. The lowest BCUT2D eigenvalue weighted by atomic mass is 9.96. The Morgan fingerprint density at radius 3 is 2.39 bits per heavy atom. The average Bonchev–Trinajstić information content (AvgIpc) is 3.19. The number of anilines is 1. The second-order valence-corrected chi connectivity index (χ2v) is 10.3. The molecule has 0 radical (unpaired) electrons. The minimum Gasteiger partial charge on any atom is -0.338 e. The molecule has 1 amide bonds. The number of benzene rings is 4. The van der Waals surface area contributed by atoms with Gasteiger partial charge in [0.15, 0.2) is 0 Å². The largest absolute Gasteiger partial charge is 0.338 e. The van der Waals surface area contributed by atoms with Gasteiger partial charge in [0.2, 0.25) is 15.9 Å². The highest BCUT2D eigenvalue weighted by Gasteiger charge is 2.14. The van der Waals surface area contributed by atoms with Crippen LogP contribution in [0.15, 0.2) is 96.0 Å². The lowest BCUT2D eigenvalue weighted by molar-refractivity contribution is -0.116. The second-order valence-electron chi connectivity index (χ2n) is 8.70. The highest BCUT2D eigenvalue weighted by atomic mass is 32.2. The van der Waals surface area contributed by atoms with Crippen molar-refractivity contribution in [1.82, 2.24) is 4.57 Å². The van der Waals surface area contributed by atoms with E-state index in [1.807, 2.05) is 29.0 Å². The van der Waals surface area contributed by atoms with E-state index in [1.165, 1.54) is 35.0 Å². The zero-order chi connectivity index (χ0) is 25.3. The van der Waals surface area contributed by atoms with E-state index in [0.29, 0.717) is 18.7 Å². The fourth-order valence-electron chi connectivity index (χ4n) is 4.58. The number of fused-ring (bicyclic) bond motifs is 2. The van der Waals surface area contributed by atoms with E-state index < -0.39 is 10.0 Å². The van der Waals surface area contributed by atoms with Crippen LogP contribution in [0.2, 0.25) is 0 Å². The van der Waals surface area contributed by atoms with E-state index in [0.717, 1.165) is 27.6 Å². The zero-order valence-electron chi connectivity index (χ0n) is 19.5. The van der Waals surface area contributed by atoms with Gasteiger partial charge in [-0.15, -0.1) is 0 Å². The standard InChI is InChI=1S/C28H26N4O3S/c29-15-14-21-17-32(18-28(33)31-22-9-11-23(12-10-22)36(30,34)35)27-13-8-20(16-26(21)27)25-7-3-5-19-4-1-2-6-24(19)25/h1-13,16-17H,14-15,18,29H2,(H,31,33)(H2,30,34,35). The van der Waals surface area contributed by atoms with E-state index >= 15 is 0 Å². The number of hydrogen-bond donors (Lipinski definition) is 3. The Hall–Kier alpha value is -3.98. The van der Waals surface area contributed by atoms with Crippen molar-refractivity contribution in [2.45, 2.75) is 17.9 Å². The maximum absolute atomic E-state index is 12.8. The molecule has 1 aromatic heterocycles. The summed E-state index contributed by atoms with van der Waals surface area (Å²) in [6.07, 6.45) is 2.67.